The monoisotopic (exact) mass is 374 g/mol. The van der Waals surface area contributed by atoms with E-state index in [1.165, 1.54) is 12.3 Å². The fourth-order valence-corrected chi connectivity index (χ4v) is 3.18. The van der Waals surface area contributed by atoms with Gasteiger partial charge < -0.3 is 10.1 Å². The highest BCUT2D eigenvalue weighted by molar-refractivity contribution is 9.10. The van der Waals surface area contributed by atoms with E-state index in [1.54, 1.807) is 6.07 Å². The molecule has 3 nitrogen and oxygen atoms in total. The molecule has 1 aliphatic heterocycles. The molecule has 2 aromatic rings. The summed E-state index contributed by atoms with van der Waals surface area (Å²) < 4.78 is 45.4. The molecular formula is C15H14BrF3N2O. The molecule has 1 fully saturated rings. The van der Waals surface area contributed by atoms with Gasteiger partial charge in [-0.25, -0.2) is 4.98 Å². The van der Waals surface area contributed by atoms with Gasteiger partial charge in [-0.3, -0.25) is 0 Å². The van der Waals surface area contributed by atoms with Crippen molar-refractivity contribution in [1.82, 2.24) is 4.98 Å². The molecule has 118 valence electrons. The normalized spacial score (nSPS) is 18.8. The van der Waals surface area contributed by atoms with Gasteiger partial charge in [-0.2, -0.15) is 13.2 Å². The second-order valence-electron chi connectivity index (χ2n) is 5.20. The van der Waals surface area contributed by atoms with E-state index >= 15 is 0 Å². The quantitative estimate of drug-likeness (QED) is 0.851. The molecule has 1 aliphatic rings. The van der Waals surface area contributed by atoms with Crippen LogP contribution in [0.15, 0.2) is 28.9 Å². The number of halogens is 4. The molecule has 0 aliphatic carbocycles. The summed E-state index contributed by atoms with van der Waals surface area (Å²) in [5.74, 6) is 0.444. The minimum Gasteiger partial charge on any atom is -0.376 e. The Labute approximate surface area is 134 Å². The number of benzene rings is 1. The molecule has 0 spiro atoms. The minimum absolute atomic E-state index is 0.0892. The van der Waals surface area contributed by atoms with E-state index in [-0.39, 0.29) is 11.5 Å². The number of alkyl halides is 3. The molecule has 0 radical (unpaired) electrons. The molecule has 1 unspecified atom stereocenters. The number of nitrogens with zero attached hydrogens (tertiary/aromatic N) is 1. The van der Waals surface area contributed by atoms with Gasteiger partial charge in [0.05, 0.1) is 11.7 Å². The number of aromatic nitrogens is 1. The highest BCUT2D eigenvalue weighted by Crippen LogP contribution is 2.39. The molecule has 0 bridgehead atoms. The maximum atomic E-state index is 13.2. The topological polar surface area (TPSA) is 34.1 Å². The van der Waals surface area contributed by atoms with Crippen molar-refractivity contribution in [3.63, 3.8) is 0 Å². The molecule has 7 heteroatoms. The van der Waals surface area contributed by atoms with Crippen molar-refractivity contribution in [2.75, 3.05) is 18.5 Å². The van der Waals surface area contributed by atoms with Crippen molar-refractivity contribution < 1.29 is 17.9 Å². The number of pyridine rings is 1. The first-order chi connectivity index (χ1) is 10.5. The average Bonchev–Trinajstić information content (AvgIpc) is 2.98. The Bertz CT molecular complexity index is 684. The van der Waals surface area contributed by atoms with E-state index in [9.17, 15) is 13.2 Å². The number of rotatable bonds is 3. The summed E-state index contributed by atoms with van der Waals surface area (Å²) in [5.41, 5.74) is -0.667. The second-order valence-corrected chi connectivity index (χ2v) is 6.05. The van der Waals surface area contributed by atoms with E-state index in [4.69, 9.17) is 4.74 Å². The lowest BCUT2D eigenvalue weighted by Crippen LogP contribution is -2.19. The molecule has 2 heterocycles. The molecule has 1 aromatic heterocycles. The maximum absolute atomic E-state index is 13.2. The minimum atomic E-state index is -4.41. The van der Waals surface area contributed by atoms with Crippen LogP contribution in [0.2, 0.25) is 0 Å². The van der Waals surface area contributed by atoms with Gasteiger partial charge in [-0.15, -0.1) is 0 Å². The number of anilines is 1. The third kappa shape index (κ3) is 3.05. The van der Waals surface area contributed by atoms with E-state index in [1.807, 2.05) is 0 Å². The van der Waals surface area contributed by atoms with Gasteiger partial charge in [0.2, 0.25) is 0 Å². The van der Waals surface area contributed by atoms with Gasteiger partial charge in [0.1, 0.15) is 5.82 Å². The Morgan fingerprint density at radius 3 is 2.86 bits per heavy atom. The van der Waals surface area contributed by atoms with Crippen LogP contribution in [0, 0.1) is 0 Å². The zero-order chi connectivity index (χ0) is 15.7. The van der Waals surface area contributed by atoms with Crippen LogP contribution in [-0.2, 0) is 10.9 Å². The number of ether oxygens (including phenoxy) is 1. The van der Waals surface area contributed by atoms with Crippen molar-refractivity contribution in [3.05, 3.63) is 34.4 Å². The van der Waals surface area contributed by atoms with Crippen LogP contribution in [0.1, 0.15) is 18.4 Å². The summed E-state index contributed by atoms with van der Waals surface area (Å²) in [6.07, 6.45) is -0.954. The zero-order valence-electron chi connectivity index (χ0n) is 11.6. The van der Waals surface area contributed by atoms with E-state index in [0.717, 1.165) is 25.5 Å². The van der Waals surface area contributed by atoms with Crippen LogP contribution >= 0.6 is 15.9 Å². The summed E-state index contributed by atoms with van der Waals surface area (Å²) >= 11 is 3.18. The van der Waals surface area contributed by atoms with Gasteiger partial charge >= 0.3 is 6.18 Å². The molecule has 0 amide bonds. The fourth-order valence-electron chi connectivity index (χ4n) is 2.66. The van der Waals surface area contributed by atoms with Gasteiger partial charge in [0.25, 0.3) is 0 Å². The van der Waals surface area contributed by atoms with Crippen LogP contribution in [0.3, 0.4) is 0 Å². The number of hydrogen-bond donors (Lipinski definition) is 1. The number of nitrogens with one attached hydrogen (secondary N) is 1. The van der Waals surface area contributed by atoms with Gasteiger partial charge in [-0.1, -0.05) is 12.1 Å². The van der Waals surface area contributed by atoms with Crippen LogP contribution < -0.4 is 5.32 Å². The lowest BCUT2D eigenvalue weighted by molar-refractivity contribution is -0.136. The first-order valence-electron chi connectivity index (χ1n) is 6.96. The second kappa shape index (κ2) is 6.04. The van der Waals surface area contributed by atoms with E-state index < -0.39 is 11.7 Å². The van der Waals surface area contributed by atoms with Crippen molar-refractivity contribution in [2.45, 2.75) is 25.1 Å². The molecule has 1 atom stereocenters. The van der Waals surface area contributed by atoms with Crippen LogP contribution in [0.5, 0.6) is 0 Å². The molecule has 1 aromatic carbocycles. The van der Waals surface area contributed by atoms with Crippen molar-refractivity contribution in [3.8, 4) is 0 Å². The Morgan fingerprint density at radius 2 is 2.18 bits per heavy atom. The molecule has 0 saturated carbocycles. The number of hydrogen-bond acceptors (Lipinski definition) is 3. The average molecular weight is 375 g/mol. The van der Waals surface area contributed by atoms with Crippen LogP contribution in [0.25, 0.3) is 10.8 Å². The number of fused-ring (bicyclic) bond motifs is 1. The highest BCUT2D eigenvalue weighted by atomic mass is 79.9. The summed E-state index contributed by atoms with van der Waals surface area (Å²) in [5, 5.41) is 3.68. The Kier molecular flexibility index (Phi) is 4.27. The Balaban J connectivity index is 1.99. The lowest BCUT2D eigenvalue weighted by atomic mass is 10.1. The summed E-state index contributed by atoms with van der Waals surface area (Å²) in [6.45, 7) is 1.28. The Hall–Kier alpha value is -1.34. The van der Waals surface area contributed by atoms with E-state index in [2.05, 4.69) is 26.2 Å². The first-order valence-corrected chi connectivity index (χ1v) is 7.76. The SMILES string of the molecule is FC(F)(F)c1cccc2c(NCC3CCCO3)ncc(Br)c12. The summed E-state index contributed by atoms with van der Waals surface area (Å²) in [4.78, 5) is 4.21. The van der Waals surface area contributed by atoms with Crippen molar-refractivity contribution in [1.29, 1.82) is 0 Å². The van der Waals surface area contributed by atoms with Crippen LogP contribution in [-0.4, -0.2) is 24.2 Å². The molecular weight excluding hydrogens is 361 g/mol. The zero-order valence-corrected chi connectivity index (χ0v) is 13.2. The van der Waals surface area contributed by atoms with Crippen LogP contribution in [0.4, 0.5) is 19.0 Å². The summed E-state index contributed by atoms with van der Waals surface area (Å²) in [7, 11) is 0. The van der Waals surface area contributed by atoms with Gasteiger partial charge in [0.15, 0.2) is 0 Å². The molecule has 22 heavy (non-hydrogen) atoms. The Morgan fingerprint density at radius 1 is 1.36 bits per heavy atom. The first kappa shape index (κ1) is 15.6. The van der Waals surface area contributed by atoms with Crippen molar-refractivity contribution in [2.24, 2.45) is 0 Å². The largest absolute Gasteiger partial charge is 0.417 e. The molecule has 1 saturated heterocycles. The predicted octanol–water partition coefficient (Wildman–Crippen LogP) is 4.61. The smallest absolute Gasteiger partial charge is 0.376 e. The summed E-state index contributed by atoms with van der Waals surface area (Å²) in [6, 6.07) is 4.12. The van der Waals surface area contributed by atoms with Gasteiger partial charge in [0, 0.05) is 34.6 Å². The predicted molar refractivity (Wildman–Crippen MR) is 81.9 cm³/mol. The lowest BCUT2D eigenvalue weighted by Gasteiger charge is -2.16. The standard InChI is InChI=1S/C15H14BrF3N2O/c16-12-8-21-14(20-7-9-3-2-6-22-9)10-4-1-5-11(13(10)12)15(17,18)19/h1,4-5,8-9H,2-3,6-7H2,(H,20,21). The van der Waals surface area contributed by atoms with E-state index in [0.29, 0.717) is 22.2 Å². The van der Waals surface area contributed by atoms with Crippen molar-refractivity contribution >= 4 is 32.5 Å². The maximum Gasteiger partial charge on any atom is 0.417 e. The third-order valence-electron chi connectivity index (χ3n) is 3.69. The molecule has 1 N–H and O–H groups in total. The fraction of sp³-hybridized carbons (Fsp3) is 0.400. The third-order valence-corrected chi connectivity index (χ3v) is 4.29. The molecule has 3 rings (SSSR count). The van der Waals surface area contributed by atoms with Gasteiger partial charge in [-0.05, 0) is 34.8 Å². The highest BCUT2D eigenvalue weighted by Gasteiger charge is 2.33.